The van der Waals surface area contributed by atoms with E-state index in [-0.39, 0.29) is 18.5 Å². The first kappa shape index (κ1) is 15.0. The molecule has 18 heavy (non-hydrogen) atoms. The summed E-state index contributed by atoms with van der Waals surface area (Å²) in [7, 11) is 1.63. The molecule has 0 aliphatic heterocycles. The summed E-state index contributed by atoms with van der Waals surface area (Å²) >= 11 is 6.06. The Hall–Kier alpha value is -1.10. The Morgan fingerprint density at radius 3 is 2.83 bits per heavy atom. The summed E-state index contributed by atoms with van der Waals surface area (Å²) in [5.41, 5.74) is 0.921. The molecule has 0 bridgehead atoms. The molecule has 5 heteroatoms. The Balaban J connectivity index is 2.38. The van der Waals surface area contributed by atoms with E-state index < -0.39 is 0 Å². The van der Waals surface area contributed by atoms with Gasteiger partial charge in [0.25, 0.3) is 0 Å². The average Bonchev–Trinajstić information content (AvgIpc) is 2.35. The minimum atomic E-state index is -0.101. The number of carbonyl (C=O) groups is 1. The molecule has 0 aliphatic carbocycles. The van der Waals surface area contributed by atoms with Crippen LogP contribution in [-0.4, -0.2) is 32.7 Å². The third-order valence-corrected chi connectivity index (χ3v) is 2.86. The first-order valence-corrected chi connectivity index (χ1v) is 6.26. The van der Waals surface area contributed by atoms with Gasteiger partial charge in [-0.2, -0.15) is 0 Å². The van der Waals surface area contributed by atoms with Crippen molar-refractivity contribution in [3.8, 4) is 0 Å². The highest BCUT2D eigenvalue weighted by Gasteiger charge is 2.11. The zero-order chi connectivity index (χ0) is 13.4. The third kappa shape index (κ3) is 5.04. The molecular formula is C13H19ClN2O2. The molecule has 100 valence electrons. The van der Waals surface area contributed by atoms with Gasteiger partial charge in [-0.15, -0.1) is 0 Å². The molecule has 0 saturated heterocycles. The monoisotopic (exact) mass is 270 g/mol. The van der Waals surface area contributed by atoms with Crippen LogP contribution in [0.4, 0.5) is 0 Å². The lowest BCUT2D eigenvalue weighted by molar-refractivity contribution is -0.120. The van der Waals surface area contributed by atoms with E-state index >= 15 is 0 Å². The van der Waals surface area contributed by atoms with Crippen molar-refractivity contribution >= 4 is 17.5 Å². The highest BCUT2D eigenvalue weighted by atomic mass is 35.5. The molecule has 0 spiro atoms. The first-order valence-electron chi connectivity index (χ1n) is 5.88. The summed E-state index contributed by atoms with van der Waals surface area (Å²) in [5.74, 6) is -0.0569. The van der Waals surface area contributed by atoms with E-state index in [2.05, 4.69) is 10.6 Å². The van der Waals surface area contributed by atoms with E-state index in [9.17, 15) is 4.79 Å². The Morgan fingerprint density at radius 1 is 1.44 bits per heavy atom. The number of amides is 1. The first-order chi connectivity index (χ1) is 8.65. The third-order valence-electron chi connectivity index (χ3n) is 2.52. The van der Waals surface area contributed by atoms with E-state index in [4.69, 9.17) is 16.3 Å². The molecule has 0 aliphatic rings. The maximum atomic E-state index is 11.6. The molecule has 1 atom stereocenters. The second kappa shape index (κ2) is 8.08. The van der Waals surface area contributed by atoms with Crippen LogP contribution in [0.3, 0.4) is 0 Å². The maximum Gasteiger partial charge on any atom is 0.234 e. The predicted octanol–water partition coefficient (Wildman–Crippen LogP) is 1.75. The number of ether oxygens (including phenoxy) is 1. The topological polar surface area (TPSA) is 50.4 Å². The van der Waals surface area contributed by atoms with Crippen LogP contribution < -0.4 is 10.6 Å². The van der Waals surface area contributed by atoms with Crippen molar-refractivity contribution in [1.29, 1.82) is 0 Å². The summed E-state index contributed by atoms with van der Waals surface area (Å²) in [4.78, 5) is 11.6. The standard InChI is InChI=1S/C13H19ClN2O2/c1-10(11-5-3-4-6-12(11)14)16-13(17)9-15-7-8-18-2/h3-6,10,15H,7-9H2,1-2H3,(H,16,17)/t10-/m1/s1. The number of methoxy groups -OCH3 is 1. The Bertz CT molecular complexity index is 385. The van der Waals surface area contributed by atoms with Crippen molar-refractivity contribution in [2.24, 2.45) is 0 Å². The second-order valence-electron chi connectivity index (χ2n) is 3.98. The molecule has 0 saturated carbocycles. The van der Waals surface area contributed by atoms with Gasteiger partial charge in [-0.3, -0.25) is 4.79 Å². The number of benzene rings is 1. The molecule has 0 heterocycles. The summed E-state index contributed by atoms with van der Waals surface area (Å²) < 4.78 is 4.88. The van der Waals surface area contributed by atoms with Crippen LogP contribution >= 0.6 is 11.6 Å². The minimum absolute atomic E-state index is 0.0569. The molecule has 1 aromatic rings. The van der Waals surface area contributed by atoms with Crippen LogP contribution in [0.2, 0.25) is 5.02 Å². The number of hydrogen-bond acceptors (Lipinski definition) is 3. The summed E-state index contributed by atoms with van der Waals surface area (Å²) in [5, 5.41) is 6.54. The maximum absolute atomic E-state index is 11.6. The van der Waals surface area contributed by atoms with Gasteiger partial charge in [0.05, 0.1) is 19.2 Å². The number of carbonyl (C=O) groups excluding carboxylic acids is 1. The van der Waals surface area contributed by atoms with Crippen LogP contribution in [-0.2, 0) is 9.53 Å². The molecule has 2 N–H and O–H groups in total. The molecule has 0 fully saturated rings. The van der Waals surface area contributed by atoms with Crippen LogP contribution in [0.1, 0.15) is 18.5 Å². The summed E-state index contributed by atoms with van der Waals surface area (Å²) in [6.07, 6.45) is 0. The highest BCUT2D eigenvalue weighted by Crippen LogP contribution is 2.21. The van der Waals surface area contributed by atoms with Crippen molar-refractivity contribution in [1.82, 2.24) is 10.6 Å². The molecule has 4 nitrogen and oxygen atoms in total. The molecule has 1 amide bonds. The van der Waals surface area contributed by atoms with Gasteiger partial charge in [-0.05, 0) is 18.6 Å². The summed E-state index contributed by atoms with van der Waals surface area (Å²) in [6, 6.07) is 7.39. The molecule has 0 radical (unpaired) electrons. The summed E-state index contributed by atoms with van der Waals surface area (Å²) in [6.45, 7) is 3.43. The van der Waals surface area contributed by atoms with Gasteiger partial charge in [0, 0.05) is 18.7 Å². The lowest BCUT2D eigenvalue weighted by Gasteiger charge is -2.15. The van der Waals surface area contributed by atoms with Gasteiger partial charge in [-0.1, -0.05) is 29.8 Å². The largest absolute Gasteiger partial charge is 0.383 e. The molecule has 0 aromatic heterocycles. The fourth-order valence-corrected chi connectivity index (χ4v) is 1.87. The van der Waals surface area contributed by atoms with Crippen LogP contribution in [0.25, 0.3) is 0 Å². The number of nitrogens with one attached hydrogen (secondary N) is 2. The average molecular weight is 271 g/mol. The predicted molar refractivity (Wildman–Crippen MR) is 72.8 cm³/mol. The number of halogens is 1. The van der Waals surface area contributed by atoms with Crippen LogP contribution in [0.15, 0.2) is 24.3 Å². The van der Waals surface area contributed by atoms with Crippen molar-refractivity contribution in [2.45, 2.75) is 13.0 Å². The minimum Gasteiger partial charge on any atom is -0.383 e. The zero-order valence-electron chi connectivity index (χ0n) is 10.7. The van der Waals surface area contributed by atoms with Crippen molar-refractivity contribution in [3.05, 3.63) is 34.9 Å². The Morgan fingerprint density at radius 2 is 2.17 bits per heavy atom. The lowest BCUT2D eigenvalue weighted by atomic mass is 10.1. The van der Waals surface area contributed by atoms with Crippen molar-refractivity contribution < 1.29 is 9.53 Å². The lowest BCUT2D eigenvalue weighted by Crippen LogP contribution is -2.36. The Kier molecular flexibility index (Phi) is 6.72. The molecular weight excluding hydrogens is 252 g/mol. The second-order valence-corrected chi connectivity index (χ2v) is 4.39. The van der Waals surface area contributed by atoms with Gasteiger partial charge in [-0.25, -0.2) is 0 Å². The quantitative estimate of drug-likeness (QED) is 0.743. The molecule has 1 aromatic carbocycles. The van der Waals surface area contributed by atoms with Crippen molar-refractivity contribution in [2.75, 3.05) is 26.8 Å². The fourth-order valence-electron chi connectivity index (χ4n) is 1.57. The van der Waals surface area contributed by atoms with Gasteiger partial charge < -0.3 is 15.4 Å². The molecule has 1 rings (SSSR count). The van der Waals surface area contributed by atoms with E-state index in [0.717, 1.165) is 5.56 Å². The van der Waals surface area contributed by atoms with E-state index in [1.807, 2.05) is 31.2 Å². The smallest absolute Gasteiger partial charge is 0.234 e. The highest BCUT2D eigenvalue weighted by molar-refractivity contribution is 6.31. The van der Waals surface area contributed by atoms with E-state index in [1.165, 1.54) is 0 Å². The van der Waals surface area contributed by atoms with Gasteiger partial charge in [0.2, 0.25) is 5.91 Å². The van der Waals surface area contributed by atoms with E-state index in [0.29, 0.717) is 18.2 Å². The SMILES string of the molecule is COCCNCC(=O)N[C@H](C)c1ccccc1Cl. The van der Waals surface area contributed by atoms with Gasteiger partial charge >= 0.3 is 0 Å². The number of hydrogen-bond donors (Lipinski definition) is 2. The fraction of sp³-hybridized carbons (Fsp3) is 0.462. The normalized spacial score (nSPS) is 12.2. The van der Waals surface area contributed by atoms with E-state index in [1.54, 1.807) is 7.11 Å². The van der Waals surface area contributed by atoms with Gasteiger partial charge in [0.1, 0.15) is 0 Å². The van der Waals surface area contributed by atoms with Crippen LogP contribution in [0, 0.1) is 0 Å². The van der Waals surface area contributed by atoms with Gasteiger partial charge in [0.15, 0.2) is 0 Å². The van der Waals surface area contributed by atoms with Crippen molar-refractivity contribution in [3.63, 3.8) is 0 Å². The Labute approximate surface area is 113 Å². The molecule has 0 unspecified atom stereocenters. The zero-order valence-corrected chi connectivity index (χ0v) is 11.5. The number of rotatable bonds is 7. The van der Waals surface area contributed by atoms with Crippen LogP contribution in [0.5, 0.6) is 0 Å².